The maximum absolute atomic E-state index is 3.90. The minimum atomic E-state index is 0.475. The van der Waals surface area contributed by atoms with E-state index in [1.165, 1.54) is 5.57 Å². The molecule has 0 aliphatic carbocycles. The lowest BCUT2D eigenvalue weighted by molar-refractivity contribution is 0.682. The van der Waals surface area contributed by atoms with Crippen molar-refractivity contribution >= 4 is 0 Å². The Balaban J connectivity index is 3.86. The van der Waals surface area contributed by atoms with Crippen molar-refractivity contribution in [2.45, 2.75) is 40.2 Å². The Kier molecular flexibility index (Phi) is 4.67. The van der Waals surface area contributed by atoms with Crippen LogP contribution in [0.15, 0.2) is 23.9 Å². The maximum atomic E-state index is 3.90. The van der Waals surface area contributed by atoms with Crippen LogP contribution in [0.5, 0.6) is 0 Å². The number of hydrogen-bond donors (Lipinski definition) is 1. The molecule has 0 heterocycles. The molecule has 0 saturated heterocycles. The molecule has 0 atom stereocenters. The molecule has 0 radical (unpaired) electrons. The molecule has 1 heteroatoms. The molecule has 1 nitrogen and oxygen atoms in total. The van der Waals surface area contributed by atoms with Gasteiger partial charge in [-0.1, -0.05) is 19.1 Å². The Morgan fingerprint density at radius 1 is 1.55 bits per heavy atom. The second-order valence-corrected chi connectivity index (χ2v) is 3.17. The first kappa shape index (κ1) is 10.3. The molecule has 0 amide bonds. The molecule has 64 valence electrons. The van der Waals surface area contributed by atoms with Crippen LogP contribution in [-0.2, 0) is 0 Å². The zero-order valence-corrected chi connectivity index (χ0v) is 8.07. The average Bonchev–Trinajstić information content (AvgIpc) is 1.85. The quantitative estimate of drug-likeness (QED) is 0.612. The molecule has 1 N–H and O–H groups in total. The maximum Gasteiger partial charge on any atom is 0.0268 e. The minimum absolute atomic E-state index is 0.475. The Bertz CT molecular complexity index is 154. The van der Waals surface area contributed by atoms with Gasteiger partial charge < -0.3 is 5.32 Å². The Morgan fingerprint density at radius 2 is 2.09 bits per heavy atom. The van der Waals surface area contributed by atoms with Gasteiger partial charge in [0.1, 0.15) is 0 Å². The highest BCUT2D eigenvalue weighted by Gasteiger charge is 1.92. The summed E-state index contributed by atoms with van der Waals surface area (Å²) in [6.07, 6.45) is 3.19. The standard InChI is InChI=1S/C10H19N/c1-6-9(4)7-10(5)11-8(2)3/h7-8,11H,5-6H2,1-4H3/b9-7-. The van der Waals surface area contributed by atoms with Gasteiger partial charge in [0.05, 0.1) is 0 Å². The van der Waals surface area contributed by atoms with Crippen molar-refractivity contribution in [1.82, 2.24) is 5.32 Å². The molecular formula is C10H19N. The molecule has 0 fully saturated rings. The van der Waals surface area contributed by atoms with Crippen molar-refractivity contribution < 1.29 is 0 Å². The predicted octanol–water partition coefficient (Wildman–Crippen LogP) is 2.85. The summed E-state index contributed by atoms with van der Waals surface area (Å²) in [4.78, 5) is 0. The summed E-state index contributed by atoms with van der Waals surface area (Å²) in [6, 6.07) is 0.475. The van der Waals surface area contributed by atoms with E-state index in [1.54, 1.807) is 0 Å². The normalized spacial score (nSPS) is 11.9. The zero-order valence-electron chi connectivity index (χ0n) is 8.07. The van der Waals surface area contributed by atoms with Gasteiger partial charge >= 0.3 is 0 Å². The number of nitrogens with one attached hydrogen (secondary N) is 1. The van der Waals surface area contributed by atoms with E-state index in [-0.39, 0.29) is 0 Å². The molecule has 0 aromatic carbocycles. The summed E-state index contributed by atoms with van der Waals surface area (Å²) in [7, 11) is 0. The van der Waals surface area contributed by atoms with Crippen LogP contribution in [0.4, 0.5) is 0 Å². The highest BCUT2D eigenvalue weighted by molar-refractivity contribution is 5.17. The lowest BCUT2D eigenvalue weighted by atomic mass is 10.2. The first-order chi connectivity index (χ1) is 5.06. The van der Waals surface area contributed by atoms with Gasteiger partial charge in [0.25, 0.3) is 0 Å². The van der Waals surface area contributed by atoms with E-state index in [1.807, 2.05) is 0 Å². The van der Waals surface area contributed by atoms with Crippen LogP contribution in [0.25, 0.3) is 0 Å². The second-order valence-electron chi connectivity index (χ2n) is 3.17. The third-order valence-electron chi connectivity index (χ3n) is 1.45. The topological polar surface area (TPSA) is 12.0 Å². The van der Waals surface area contributed by atoms with Crippen LogP contribution >= 0.6 is 0 Å². The monoisotopic (exact) mass is 153 g/mol. The fraction of sp³-hybridized carbons (Fsp3) is 0.600. The summed E-state index contributed by atoms with van der Waals surface area (Å²) in [6.45, 7) is 12.4. The van der Waals surface area contributed by atoms with Gasteiger partial charge in [0, 0.05) is 11.7 Å². The van der Waals surface area contributed by atoms with Crippen LogP contribution in [0.2, 0.25) is 0 Å². The van der Waals surface area contributed by atoms with Crippen LogP contribution in [0.1, 0.15) is 34.1 Å². The molecule has 0 rings (SSSR count). The van der Waals surface area contributed by atoms with Gasteiger partial charge in [0.15, 0.2) is 0 Å². The molecule has 0 spiro atoms. The van der Waals surface area contributed by atoms with E-state index in [0.29, 0.717) is 6.04 Å². The summed E-state index contributed by atoms with van der Waals surface area (Å²) in [5.74, 6) is 0. The lowest BCUT2D eigenvalue weighted by Crippen LogP contribution is -2.20. The third kappa shape index (κ3) is 5.71. The molecule has 11 heavy (non-hydrogen) atoms. The van der Waals surface area contributed by atoms with Gasteiger partial charge in [-0.15, -0.1) is 0 Å². The van der Waals surface area contributed by atoms with Crippen molar-refractivity contribution in [3.63, 3.8) is 0 Å². The summed E-state index contributed by atoms with van der Waals surface area (Å²) in [5.41, 5.74) is 2.38. The zero-order chi connectivity index (χ0) is 8.85. The van der Waals surface area contributed by atoms with Gasteiger partial charge in [-0.2, -0.15) is 0 Å². The third-order valence-corrected chi connectivity index (χ3v) is 1.45. The van der Waals surface area contributed by atoms with Crippen molar-refractivity contribution in [2.24, 2.45) is 0 Å². The summed E-state index contributed by atoms with van der Waals surface area (Å²) < 4.78 is 0. The first-order valence-electron chi connectivity index (χ1n) is 4.18. The van der Waals surface area contributed by atoms with E-state index < -0.39 is 0 Å². The van der Waals surface area contributed by atoms with Crippen molar-refractivity contribution in [3.8, 4) is 0 Å². The second kappa shape index (κ2) is 5.00. The predicted molar refractivity (Wildman–Crippen MR) is 51.5 cm³/mol. The number of allylic oxidation sites excluding steroid dienone is 2. The van der Waals surface area contributed by atoms with Gasteiger partial charge in [-0.05, 0) is 33.3 Å². The molecule has 0 aromatic heterocycles. The summed E-state index contributed by atoms with van der Waals surface area (Å²) in [5, 5.41) is 3.24. The Hall–Kier alpha value is -0.720. The molecule has 0 aliphatic rings. The van der Waals surface area contributed by atoms with Crippen LogP contribution < -0.4 is 5.32 Å². The van der Waals surface area contributed by atoms with Crippen LogP contribution in [0, 0.1) is 0 Å². The van der Waals surface area contributed by atoms with E-state index in [9.17, 15) is 0 Å². The number of hydrogen-bond acceptors (Lipinski definition) is 1. The van der Waals surface area contributed by atoms with Crippen molar-refractivity contribution in [2.75, 3.05) is 0 Å². The van der Waals surface area contributed by atoms with Gasteiger partial charge in [-0.3, -0.25) is 0 Å². The van der Waals surface area contributed by atoms with Crippen LogP contribution in [0.3, 0.4) is 0 Å². The SMILES string of the molecule is C=C(/C=C(/C)CC)NC(C)C. The van der Waals surface area contributed by atoms with E-state index in [0.717, 1.165) is 12.1 Å². The van der Waals surface area contributed by atoms with Gasteiger partial charge in [-0.25, -0.2) is 0 Å². The molecule has 0 aliphatic heterocycles. The highest BCUT2D eigenvalue weighted by atomic mass is 14.9. The van der Waals surface area contributed by atoms with Crippen LogP contribution in [-0.4, -0.2) is 6.04 Å². The Labute approximate surface area is 70.2 Å². The fourth-order valence-corrected chi connectivity index (χ4v) is 0.812. The molecule has 0 saturated carbocycles. The Morgan fingerprint density at radius 3 is 2.45 bits per heavy atom. The smallest absolute Gasteiger partial charge is 0.0268 e. The largest absolute Gasteiger partial charge is 0.383 e. The van der Waals surface area contributed by atoms with E-state index in [4.69, 9.17) is 0 Å². The first-order valence-corrected chi connectivity index (χ1v) is 4.18. The minimum Gasteiger partial charge on any atom is -0.383 e. The molecular weight excluding hydrogens is 134 g/mol. The highest BCUT2D eigenvalue weighted by Crippen LogP contribution is 2.01. The van der Waals surface area contributed by atoms with Gasteiger partial charge in [0.2, 0.25) is 0 Å². The van der Waals surface area contributed by atoms with E-state index in [2.05, 4.69) is 45.7 Å². The molecule has 0 bridgehead atoms. The van der Waals surface area contributed by atoms with Crippen molar-refractivity contribution in [1.29, 1.82) is 0 Å². The summed E-state index contributed by atoms with van der Waals surface area (Å²) >= 11 is 0. The van der Waals surface area contributed by atoms with E-state index >= 15 is 0 Å². The molecule has 0 aromatic rings. The molecule has 0 unspecified atom stereocenters. The average molecular weight is 153 g/mol. The van der Waals surface area contributed by atoms with Crippen molar-refractivity contribution in [3.05, 3.63) is 23.9 Å². The lowest BCUT2D eigenvalue weighted by Gasteiger charge is -2.09. The fourth-order valence-electron chi connectivity index (χ4n) is 0.812. The number of rotatable bonds is 4.